The van der Waals surface area contributed by atoms with Crippen molar-refractivity contribution in [3.8, 4) is 0 Å². The van der Waals surface area contributed by atoms with E-state index in [1.807, 2.05) is 7.05 Å². The summed E-state index contributed by atoms with van der Waals surface area (Å²) in [7, 11) is 1.87. The highest BCUT2D eigenvalue weighted by atomic mass is 15.3. The molecule has 0 fully saturated rings. The van der Waals surface area contributed by atoms with Crippen LogP contribution in [0.15, 0.2) is 25.0 Å². The van der Waals surface area contributed by atoms with E-state index in [0.29, 0.717) is 0 Å². The number of hydrogen-bond donors (Lipinski definition) is 1. The fourth-order valence-electron chi connectivity index (χ4n) is 1.35. The lowest BCUT2D eigenvalue weighted by molar-refractivity contribution is 0.658. The average molecular weight is 218 g/mol. The van der Waals surface area contributed by atoms with Gasteiger partial charge in [0.2, 0.25) is 0 Å². The third-order valence-electron chi connectivity index (χ3n) is 2.12. The van der Waals surface area contributed by atoms with Gasteiger partial charge in [0.25, 0.3) is 0 Å². The molecule has 0 aliphatic carbocycles. The topological polar surface area (TPSA) is 68.5 Å². The second-order valence-electron chi connectivity index (χ2n) is 3.51. The summed E-state index contributed by atoms with van der Waals surface area (Å²) in [6.07, 6.45) is 7.67. The lowest BCUT2D eigenvalue weighted by Crippen LogP contribution is -2.17. The Kier molecular flexibility index (Phi) is 3.55. The molecule has 0 aliphatic heterocycles. The molecule has 0 saturated carbocycles. The molecule has 0 bridgehead atoms. The maximum Gasteiger partial charge on any atom is 0.151 e. The summed E-state index contributed by atoms with van der Waals surface area (Å²) in [5.74, 6) is 0.860. The molecule has 0 aromatic carbocycles. The molecule has 0 unspecified atom stereocenters. The van der Waals surface area contributed by atoms with Crippen LogP contribution in [0.1, 0.15) is 11.4 Å². The highest BCUT2D eigenvalue weighted by molar-refractivity contribution is 5.01. The Hall–Kier alpha value is -1.82. The fourth-order valence-corrected chi connectivity index (χ4v) is 1.35. The zero-order valence-corrected chi connectivity index (χ0v) is 9.17. The van der Waals surface area contributed by atoms with Crippen LogP contribution in [0.3, 0.4) is 0 Å². The van der Waals surface area contributed by atoms with Crippen molar-refractivity contribution in [2.45, 2.75) is 13.0 Å². The van der Waals surface area contributed by atoms with Crippen LogP contribution in [0.25, 0.3) is 0 Å². The highest BCUT2D eigenvalue weighted by Crippen LogP contribution is 1.92. The van der Waals surface area contributed by atoms with E-state index in [-0.39, 0.29) is 0 Å². The van der Waals surface area contributed by atoms with E-state index in [9.17, 15) is 0 Å². The lowest BCUT2D eigenvalue weighted by atomic mass is 10.3. The molecule has 0 aliphatic rings. The van der Waals surface area contributed by atoms with E-state index >= 15 is 0 Å². The molecule has 0 radical (unpaired) electrons. The van der Waals surface area contributed by atoms with Gasteiger partial charge in [-0.05, 0) is 0 Å². The Morgan fingerprint density at radius 3 is 2.81 bits per heavy atom. The quantitative estimate of drug-likeness (QED) is 0.712. The number of nitrogens with zero attached hydrogens (tertiary/aromatic N) is 5. The van der Waals surface area contributed by atoms with Crippen molar-refractivity contribution in [3.63, 3.8) is 0 Å². The van der Waals surface area contributed by atoms with E-state index < -0.39 is 0 Å². The standard InChI is InChI=1S/C10H14N6/c1-16-8-14-10(15-16)2-3-11-4-9-5-12-7-13-6-9/h5-8,11H,2-4H2,1H3. The Morgan fingerprint density at radius 1 is 1.31 bits per heavy atom. The Balaban J connectivity index is 1.69. The highest BCUT2D eigenvalue weighted by Gasteiger charge is 1.98. The summed E-state index contributed by atoms with van der Waals surface area (Å²) in [5, 5.41) is 7.49. The summed E-state index contributed by atoms with van der Waals surface area (Å²) < 4.78 is 1.71. The fraction of sp³-hybridized carbons (Fsp3) is 0.400. The molecule has 16 heavy (non-hydrogen) atoms. The van der Waals surface area contributed by atoms with Gasteiger partial charge in [0, 0.05) is 44.5 Å². The van der Waals surface area contributed by atoms with E-state index in [2.05, 4.69) is 25.4 Å². The maximum atomic E-state index is 4.20. The summed E-state index contributed by atoms with van der Waals surface area (Å²) in [6.45, 7) is 1.62. The molecule has 2 rings (SSSR count). The first-order valence-electron chi connectivity index (χ1n) is 5.14. The number of nitrogens with one attached hydrogen (secondary N) is 1. The van der Waals surface area contributed by atoms with Crippen LogP contribution in [0.5, 0.6) is 0 Å². The molecule has 6 heteroatoms. The third kappa shape index (κ3) is 3.09. The van der Waals surface area contributed by atoms with Gasteiger partial charge in [-0.15, -0.1) is 0 Å². The first kappa shape index (κ1) is 10.7. The van der Waals surface area contributed by atoms with E-state index in [4.69, 9.17) is 0 Å². The predicted molar refractivity (Wildman–Crippen MR) is 58.4 cm³/mol. The van der Waals surface area contributed by atoms with Crippen molar-refractivity contribution in [1.29, 1.82) is 0 Å². The van der Waals surface area contributed by atoms with Crippen LogP contribution < -0.4 is 5.32 Å². The Morgan fingerprint density at radius 2 is 2.12 bits per heavy atom. The second kappa shape index (κ2) is 5.32. The average Bonchev–Trinajstić information content (AvgIpc) is 2.72. The smallest absolute Gasteiger partial charge is 0.151 e. The molecular weight excluding hydrogens is 204 g/mol. The van der Waals surface area contributed by atoms with Gasteiger partial charge >= 0.3 is 0 Å². The predicted octanol–water partition coefficient (Wildman–Crippen LogP) is -0.0626. The largest absolute Gasteiger partial charge is 0.312 e. The number of aryl methyl sites for hydroxylation is 1. The normalized spacial score (nSPS) is 10.6. The molecule has 2 aromatic heterocycles. The van der Waals surface area contributed by atoms with Crippen molar-refractivity contribution >= 4 is 0 Å². The van der Waals surface area contributed by atoms with E-state index in [0.717, 1.165) is 30.9 Å². The van der Waals surface area contributed by atoms with Gasteiger partial charge in [-0.2, -0.15) is 5.10 Å². The van der Waals surface area contributed by atoms with Crippen LogP contribution in [0.2, 0.25) is 0 Å². The molecule has 0 saturated heterocycles. The molecule has 0 atom stereocenters. The molecule has 84 valence electrons. The maximum absolute atomic E-state index is 4.20. The molecular formula is C10H14N6. The van der Waals surface area contributed by atoms with Crippen LogP contribution in [0, 0.1) is 0 Å². The minimum Gasteiger partial charge on any atom is -0.312 e. The minimum atomic E-state index is 0.772. The van der Waals surface area contributed by atoms with Crippen molar-refractivity contribution in [3.05, 3.63) is 36.4 Å². The zero-order chi connectivity index (χ0) is 11.2. The van der Waals surface area contributed by atoms with Crippen molar-refractivity contribution < 1.29 is 0 Å². The number of hydrogen-bond acceptors (Lipinski definition) is 5. The van der Waals surface area contributed by atoms with Gasteiger partial charge in [-0.1, -0.05) is 0 Å². The number of rotatable bonds is 5. The van der Waals surface area contributed by atoms with Gasteiger partial charge < -0.3 is 5.32 Å². The van der Waals surface area contributed by atoms with E-state index in [1.54, 1.807) is 23.4 Å². The van der Waals surface area contributed by atoms with Crippen LogP contribution in [0.4, 0.5) is 0 Å². The van der Waals surface area contributed by atoms with Gasteiger partial charge in [0.1, 0.15) is 12.7 Å². The van der Waals surface area contributed by atoms with Crippen molar-refractivity contribution in [2.75, 3.05) is 6.54 Å². The molecule has 0 spiro atoms. The first-order chi connectivity index (χ1) is 7.84. The van der Waals surface area contributed by atoms with Crippen molar-refractivity contribution in [2.24, 2.45) is 7.05 Å². The summed E-state index contributed by atoms with van der Waals surface area (Å²) >= 11 is 0. The van der Waals surface area contributed by atoms with Crippen LogP contribution in [-0.2, 0) is 20.0 Å². The monoisotopic (exact) mass is 218 g/mol. The Bertz CT molecular complexity index is 424. The molecule has 6 nitrogen and oxygen atoms in total. The zero-order valence-electron chi connectivity index (χ0n) is 9.17. The van der Waals surface area contributed by atoms with Crippen LogP contribution >= 0.6 is 0 Å². The molecule has 2 heterocycles. The summed E-state index contributed by atoms with van der Waals surface area (Å²) in [5.41, 5.74) is 1.08. The van der Waals surface area contributed by atoms with Gasteiger partial charge in [-0.25, -0.2) is 15.0 Å². The lowest BCUT2D eigenvalue weighted by Gasteiger charge is -2.01. The molecule has 2 aromatic rings. The van der Waals surface area contributed by atoms with Crippen molar-refractivity contribution in [1.82, 2.24) is 30.0 Å². The Labute approximate surface area is 93.8 Å². The SMILES string of the molecule is Cn1cnc(CCNCc2cncnc2)n1. The second-order valence-corrected chi connectivity index (χ2v) is 3.51. The third-order valence-corrected chi connectivity index (χ3v) is 2.12. The first-order valence-corrected chi connectivity index (χ1v) is 5.14. The number of aromatic nitrogens is 5. The van der Waals surface area contributed by atoms with Gasteiger partial charge in [0.15, 0.2) is 5.82 Å². The summed E-state index contributed by atoms with van der Waals surface area (Å²) in [4.78, 5) is 12.0. The van der Waals surface area contributed by atoms with Gasteiger partial charge in [0.05, 0.1) is 0 Å². The van der Waals surface area contributed by atoms with Crippen LogP contribution in [-0.4, -0.2) is 31.3 Å². The van der Waals surface area contributed by atoms with E-state index in [1.165, 1.54) is 6.33 Å². The molecule has 0 amide bonds. The van der Waals surface area contributed by atoms with Gasteiger partial charge in [-0.3, -0.25) is 4.68 Å². The summed E-state index contributed by atoms with van der Waals surface area (Å²) in [6, 6.07) is 0. The minimum absolute atomic E-state index is 0.772. The molecule has 1 N–H and O–H groups in total.